The van der Waals surface area contributed by atoms with Crippen LogP contribution in [0.4, 0.5) is 0 Å². The van der Waals surface area contributed by atoms with Crippen molar-refractivity contribution < 1.29 is 23.8 Å². The molecule has 0 aliphatic heterocycles. The van der Waals surface area contributed by atoms with E-state index in [4.69, 9.17) is 19.9 Å². The zero-order valence-corrected chi connectivity index (χ0v) is 16.0. The average molecular weight is 385 g/mol. The molecular formula is C20H23N3O5. The van der Waals surface area contributed by atoms with Crippen molar-refractivity contribution in [3.05, 3.63) is 53.6 Å². The van der Waals surface area contributed by atoms with E-state index in [1.165, 1.54) is 13.3 Å². The Hall–Kier alpha value is -3.55. The Balaban J connectivity index is 1.97. The van der Waals surface area contributed by atoms with Gasteiger partial charge in [0.2, 0.25) is 0 Å². The summed E-state index contributed by atoms with van der Waals surface area (Å²) in [5.41, 5.74) is 8.65. The van der Waals surface area contributed by atoms with E-state index >= 15 is 0 Å². The summed E-state index contributed by atoms with van der Waals surface area (Å²) >= 11 is 0. The molecule has 2 aromatic carbocycles. The number of hydrazone groups is 1. The van der Waals surface area contributed by atoms with E-state index in [1.807, 2.05) is 13.8 Å². The predicted molar refractivity (Wildman–Crippen MR) is 105 cm³/mol. The molecule has 0 saturated heterocycles. The zero-order valence-electron chi connectivity index (χ0n) is 16.0. The van der Waals surface area contributed by atoms with Crippen molar-refractivity contribution in [1.82, 2.24) is 5.43 Å². The third kappa shape index (κ3) is 6.31. The molecule has 2 aromatic rings. The fourth-order valence-electron chi connectivity index (χ4n) is 2.22. The molecule has 0 aromatic heterocycles. The Kier molecular flexibility index (Phi) is 7.38. The molecule has 0 heterocycles. The molecule has 0 saturated carbocycles. The third-order valence-electron chi connectivity index (χ3n) is 3.43. The van der Waals surface area contributed by atoms with Crippen LogP contribution in [0, 0.1) is 0 Å². The van der Waals surface area contributed by atoms with Crippen molar-refractivity contribution in [2.75, 3.05) is 13.7 Å². The second-order valence-corrected chi connectivity index (χ2v) is 6.06. The van der Waals surface area contributed by atoms with Gasteiger partial charge in [0, 0.05) is 5.56 Å². The van der Waals surface area contributed by atoms with Crippen molar-refractivity contribution in [3.8, 4) is 17.2 Å². The summed E-state index contributed by atoms with van der Waals surface area (Å²) in [6, 6.07) is 11.8. The van der Waals surface area contributed by atoms with Gasteiger partial charge in [0.25, 0.3) is 11.8 Å². The van der Waals surface area contributed by atoms with Crippen molar-refractivity contribution in [2.45, 2.75) is 20.0 Å². The fourth-order valence-corrected chi connectivity index (χ4v) is 2.22. The van der Waals surface area contributed by atoms with Gasteiger partial charge in [0.05, 0.1) is 19.4 Å². The number of hydrogen-bond donors (Lipinski definition) is 2. The predicted octanol–water partition coefficient (Wildman–Crippen LogP) is 2.11. The lowest BCUT2D eigenvalue weighted by atomic mass is 10.2. The summed E-state index contributed by atoms with van der Waals surface area (Å²) < 4.78 is 16.0. The lowest BCUT2D eigenvalue weighted by Crippen LogP contribution is -2.20. The van der Waals surface area contributed by atoms with Crippen molar-refractivity contribution >= 4 is 18.0 Å². The van der Waals surface area contributed by atoms with Gasteiger partial charge in [-0.25, -0.2) is 5.43 Å². The van der Waals surface area contributed by atoms with Gasteiger partial charge in [0.15, 0.2) is 18.1 Å². The molecule has 148 valence electrons. The van der Waals surface area contributed by atoms with Crippen LogP contribution in [0.1, 0.15) is 29.8 Å². The molecule has 0 fully saturated rings. The Morgan fingerprint density at radius 3 is 2.46 bits per heavy atom. The van der Waals surface area contributed by atoms with Crippen molar-refractivity contribution in [1.29, 1.82) is 0 Å². The minimum absolute atomic E-state index is 0.0638. The quantitative estimate of drug-likeness (QED) is 0.507. The molecule has 0 aliphatic rings. The van der Waals surface area contributed by atoms with Crippen LogP contribution < -0.4 is 25.4 Å². The second-order valence-electron chi connectivity index (χ2n) is 6.06. The monoisotopic (exact) mass is 385 g/mol. The number of nitrogens with one attached hydrogen (secondary N) is 1. The smallest absolute Gasteiger partial charge is 0.271 e. The minimum atomic E-state index is -0.584. The Bertz CT molecular complexity index is 847. The maximum Gasteiger partial charge on any atom is 0.271 e. The number of hydrogen-bond acceptors (Lipinski definition) is 6. The van der Waals surface area contributed by atoms with Crippen molar-refractivity contribution in [2.24, 2.45) is 10.8 Å². The van der Waals surface area contributed by atoms with E-state index in [2.05, 4.69) is 10.5 Å². The van der Waals surface area contributed by atoms with Crippen LogP contribution in [0.15, 0.2) is 47.6 Å². The largest absolute Gasteiger partial charge is 0.493 e. The minimum Gasteiger partial charge on any atom is -0.493 e. The molecule has 8 nitrogen and oxygen atoms in total. The Morgan fingerprint density at radius 2 is 1.86 bits per heavy atom. The van der Waals surface area contributed by atoms with Crippen LogP contribution >= 0.6 is 0 Å². The fraction of sp³-hybridized carbons (Fsp3) is 0.250. The molecule has 2 rings (SSSR count). The highest BCUT2D eigenvalue weighted by atomic mass is 16.5. The van der Waals surface area contributed by atoms with Crippen LogP contribution in [0.5, 0.6) is 17.2 Å². The molecule has 0 spiro atoms. The van der Waals surface area contributed by atoms with E-state index in [0.717, 1.165) is 0 Å². The van der Waals surface area contributed by atoms with Gasteiger partial charge in [-0.15, -0.1) is 0 Å². The van der Waals surface area contributed by atoms with Crippen LogP contribution in [-0.2, 0) is 4.79 Å². The average Bonchev–Trinajstić information content (AvgIpc) is 2.66. The van der Waals surface area contributed by atoms with E-state index < -0.39 is 5.91 Å². The summed E-state index contributed by atoms with van der Waals surface area (Å²) in [7, 11) is 1.47. The first kappa shape index (κ1) is 20.8. The van der Waals surface area contributed by atoms with Gasteiger partial charge in [-0.05, 0) is 61.9 Å². The summed E-state index contributed by atoms with van der Waals surface area (Å²) in [6.45, 7) is 3.61. The summed E-state index contributed by atoms with van der Waals surface area (Å²) in [5.74, 6) is 0.559. The standard InChI is InChI=1S/C20H23N3O5/c1-13(2)28-16-7-5-15(6-8-16)20(25)23-22-11-14-4-9-17(18(10-14)26-3)27-12-19(21)24/h4-11,13H,12H2,1-3H3,(H2,21,24)(H,23,25)/b22-11-. The highest BCUT2D eigenvalue weighted by Gasteiger charge is 2.07. The van der Waals surface area contributed by atoms with Gasteiger partial charge in [-0.2, -0.15) is 5.10 Å². The molecule has 28 heavy (non-hydrogen) atoms. The first-order valence-electron chi connectivity index (χ1n) is 8.58. The van der Waals surface area contributed by atoms with E-state index in [0.29, 0.717) is 28.4 Å². The Morgan fingerprint density at radius 1 is 1.14 bits per heavy atom. The summed E-state index contributed by atoms with van der Waals surface area (Å²) in [4.78, 5) is 23.0. The van der Waals surface area contributed by atoms with Gasteiger partial charge < -0.3 is 19.9 Å². The van der Waals surface area contributed by atoms with Gasteiger partial charge in [-0.1, -0.05) is 0 Å². The normalized spacial score (nSPS) is 10.7. The van der Waals surface area contributed by atoms with Crippen LogP contribution in [0.2, 0.25) is 0 Å². The van der Waals surface area contributed by atoms with Gasteiger partial charge >= 0.3 is 0 Å². The number of benzene rings is 2. The van der Waals surface area contributed by atoms with Crippen LogP contribution in [0.3, 0.4) is 0 Å². The second kappa shape index (κ2) is 9.96. The molecule has 2 amide bonds. The Labute approximate surface area is 163 Å². The molecule has 0 aliphatic carbocycles. The lowest BCUT2D eigenvalue weighted by Gasteiger charge is -2.10. The maximum atomic E-state index is 12.1. The number of rotatable bonds is 9. The van der Waals surface area contributed by atoms with Gasteiger partial charge in [0.1, 0.15) is 5.75 Å². The zero-order chi connectivity index (χ0) is 20.5. The molecule has 0 radical (unpaired) electrons. The number of nitrogens with zero attached hydrogens (tertiary/aromatic N) is 1. The van der Waals surface area contributed by atoms with Crippen LogP contribution in [-0.4, -0.2) is 37.8 Å². The number of methoxy groups -OCH3 is 1. The van der Waals surface area contributed by atoms with E-state index in [9.17, 15) is 9.59 Å². The highest BCUT2D eigenvalue weighted by molar-refractivity contribution is 5.95. The van der Waals surface area contributed by atoms with Crippen molar-refractivity contribution in [3.63, 3.8) is 0 Å². The summed E-state index contributed by atoms with van der Waals surface area (Å²) in [6.07, 6.45) is 1.53. The molecule has 0 atom stereocenters. The number of amides is 2. The number of nitrogens with two attached hydrogens (primary N) is 1. The van der Waals surface area contributed by atoms with E-state index in [1.54, 1.807) is 42.5 Å². The topological polar surface area (TPSA) is 112 Å². The van der Waals surface area contributed by atoms with Crippen LogP contribution in [0.25, 0.3) is 0 Å². The first-order valence-corrected chi connectivity index (χ1v) is 8.58. The lowest BCUT2D eigenvalue weighted by molar-refractivity contribution is -0.119. The maximum absolute atomic E-state index is 12.1. The highest BCUT2D eigenvalue weighted by Crippen LogP contribution is 2.27. The number of primary amides is 1. The summed E-state index contributed by atoms with van der Waals surface area (Å²) in [5, 5.41) is 3.94. The third-order valence-corrected chi connectivity index (χ3v) is 3.43. The van der Waals surface area contributed by atoms with Gasteiger partial charge in [-0.3, -0.25) is 9.59 Å². The molecule has 0 unspecified atom stereocenters. The number of carbonyl (C=O) groups is 2. The number of ether oxygens (including phenoxy) is 3. The molecule has 3 N–H and O–H groups in total. The van der Waals surface area contributed by atoms with E-state index in [-0.39, 0.29) is 18.6 Å². The molecule has 8 heteroatoms. The molecule has 0 bridgehead atoms. The SMILES string of the molecule is COc1cc(/C=N\NC(=O)c2ccc(OC(C)C)cc2)ccc1OCC(N)=O. The first-order chi connectivity index (χ1) is 13.4. The number of carbonyl (C=O) groups excluding carboxylic acids is 2. The molecular weight excluding hydrogens is 362 g/mol.